The normalized spacial score (nSPS) is 25.4. The van der Waals surface area contributed by atoms with Gasteiger partial charge in [-0.15, -0.1) is 5.10 Å². The SMILES string of the molecule is COC[C@@H]1CN(c2cccnn2)CC[C@@H]1NS(=O)(=O)N1CC(C(F)(F)F)C1. The minimum Gasteiger partial charge on any atom is -0.384 e. The summed E-state index contributed by atoms with van der Waals surface area (Å²) in [5.74, 6) is -1.07. The minimum atomic E-state index is -4.37. The molecule has 0 saturated carbocycles. The van der Waals surface area contributed by atoms with Crippen LogP contribution in [0.3, 0.4) is 0 Å². The van der Waals surface area contributed by atoms with Gasteiger partial charge in [0.1, 0.15) is 0 Å². The molecule has 152 valence electrons. The predicted molar refractivity (Wildman–Crippen MR) is 91.2 cm³/mol. The van der Waals surface area contributed by atoms with Gasteiger partial charge in [0, 0.05) is 51.4 Å². The maximum atomic E-state index is 12.6. The quantitative estimate of drug-likeness (QED) is 0.742. The molecule has 2 aliphatic rings. The number of ether oxygens (including phenoxy) is 1. The zero-order chi connectivity index (χ0) is 19.7. The van der Waals surface area contributed by atoms with Crippen molar-refractivity contribution in [3.63, 3.8) is 0 Å². The molecule has 0 radical (unpaired) electrons. The number of nitrogens with zero attached hydrogens (tertiary/aromatic N) is 4. The Kier molecular flexibility index (Phi) is 5.89. The van der Waals surface area contributed by atoms with E-state index >= 15 is 0 Å². The average Bonchev–Trinajstić information content (AvgIpc) is 2.54. The molecule has 1 aromatic rings. The van der Waals surface area contributed by atoms with E-state index < -0.39 is 41.4 Å². The van der Waals surface area contributed by atoms with Gasteiger partial charge in [0.25, 0.3) is 10.2 Å². The first kappa shape index (κ1) is 20.2. The van der Waals surface area contributed by atoms with E-state index in [0.29, 0.717) is 31.9 Å². The van der Waals surface area contributed by atoms with E-state index in [1.54, 1.807) is 12.3 Å². The fourth-order valence-corrected chi connectivity index (χ4v) is 4.94. The average molecular weight is 409 g/mol. The minimum absolute atomic E-state index is 0.166. The second kappa shape index (κ2) is 7.86. The fraction of sp³-hybridized carbons (Fsp3) is 0.733. The smallest absolute Gasteiger partial charge is 0.384 e. The van der Waals surface area contributed by atoms with Crippen LogP contribution in [-0.4, -0.2) is 75.0 Å². The van der Waals surface area contributed by atoms with Crippen molar-refractivity contribution in [2.24, 2.45) is 11.8 Å². The Balaban J connectivity index is 1.62. The zero-order valence-electron chi connectivity index (χ0n) is 14.8. The third kappa shape index (κ3) is 4.68. The van der Waals surface area contributed by atoms with Gasteiger partial charge in [-0.1, -0.05) is 0 Å². The molecule has 8 nitrogen and oxygen atoms in total. The first-order chi connectivity index (χ1) is 12.7. The molecule has 0 aromatic carbocycles. The van der Waals surface area contributed by atoms with Crippen molar-refractivity contribution in [1.82, 2.24) is 19.2 Å². The number of nitrogens with one attached hydrogen (secondary N) is 1. The summed E-state index contributed by atoms with van der Waals surface area (Å²) in [5.41, 5.74) is 0. The second-order valence-electron chi connectivity index (χ2n) is 6.82. The lowest BCUT2D eigenvalue weighted by Crippen LogP contribution is -2.61. The van der Waals surface area contributed by atoms with Crippen molar-refractivity contribution in [1.29, 1.82) is 0 Å². The number of aromatic nitrogens is 2. The standard InChI is InChI=1S/C15H22F3N5O3S/c1-26-10-11-7-22(14-3-2-5-19-20-14)6-4-13(11)21-27(24,25)23-8-12(9-23)15(16,17)18/h2-3,5,11-13,21H,4,6-10H2,1H3/t11-,13-/m0/s1. The molecule has 2 fully saturated rings. The van der Waals surface area contributed by atoms with Crippen LogP contribution in [0.4, 0.5) is 19.0 Å². The van der Waals surface area contributed by atoms with Gasteiger partial charge in [-0.3, -0.25) is 0 Å². The number of hydrogen-bond donors (Lipinski definition) is 1. The lowest BCUT2D eigenvalue weighted by atomic mass is 9.93. The van der Waals surface area contributed by atoms with Crippen molar-refractivity contribution in [3.8, 4) is 0 Å². The van der Waals surface area contributed by atoms with Crippen LogP contribution in [0.15, 0.2) is 18.3 Å². The Labute approximate surface area is 155 Å². The summed E-state index contributed by atoms with van der Waals surface area (Å²) in [6.07, 6.45) is -2.31. The number of halogens is 3. The van der Waals surface area contributed by atoms with Crippen LogP contribution in [0.25, 0.3) is 0 Å². The van der Waals surface area contributed by atoms with E-state index in [9.17, 15) is 21.6 Å². The Morgan fingerprint density at radius 3 is 2.67 bits per heavy atom. The lowest BCUT2D eigenvalue weighted by molar-refractivity contribution is -0.198. The Hall–Kier alpha value is -1.50. The Bertz CT molecular complexity index is 728. The number of anilines is 1. The predicted octanol–water partition coefficient (Wildman–Crippen LogP) is 0.646. The summed E-state index contributed by atoms with van der Waals surface area (Å²) >= 11 is 0. The molecular formula is C15H22F3N5O3S. The molecule has 1 N–H and O–H groups in total. The van der Waals surface area contributed by atoms with Crippen LogP contribution in [0, 0.1) is 11.8 Å². The molecule has 0 unspecified atom stereocenters. The highest BCUT2D eigenvalue weighted by molar-refractivity contribution is 7.87. The molecular weight excluding hydrogens is 387 g/mol. The molecule has 2 atom stereocenters. The Morgan fingerprint density at radius 2 is 2.07 bits per heavy atom. The topological polar surface area (TPSA) is 87.7 Å². The van der Waals surface area contributed by atoms with Crippen LogP contribution >= 0.6 is 0 Å². The number of methoxy groups -OCH3 is 1. The number of hydrogen-bond acceptors (Lipinski definition) is 6. The van der Waals surface area contributed by atoms with Crippen LogP contribution in [-0.2, 0) is 14.9 Å². The maximum Gasteiger partial charge on any atom is 0.394 e. The van der Waals surface area contributed by atoms with Crippen molar-refractivity contribution in [2.75, 3.05) is 44.8 Å². The van der Waals surface area contributed by atoms with Gasteiger partial charge in [-0.05, 0) is 18.6 Å². The number of piperidine rings is 1. The Morgan fingerprint density at radius 1 is 1.33 bits per heavy atom. The second-order valence-corrected chi connectivity index (χ2v) is 8.52. The number of alkyl halides is 3. The summed E-state index contributed by atoms with van der Waals surface area (Å²) in [6, 6.07) is 3.16. The molecule has 2 aliphatic heterocycles. The van der Waals surface area contributed by atoms with E-state index in [1.807, 2.05) is 11.0 Å². The van der Waals surface area contributed by atoms with Crippen molar-refractivity contribution in [2.45, 2.75) is 18.6 Å². The van der Waals surface area contributed by atoms with Gasteiger partial charge in [-0.2, -0.15) is 35.7 Å². The van der Waals surface area contributed by atoms with Gasteiger partial charge >= 0.3 is 6.18 Å². The van der Waals surface area contributed by atoms with Gasteiger partial charge in [0.2, 0.25) is 0 Å². The molecule has 0 aliphatic carbocycles. The summed E-state index contributed by atoms with van der Waals surface area (Å²) in [6.45, 7) is 0.301. The van der Waals surface area contributed by atoms with E-state index in [-0.39, 0.29) is 5.92 Å². The summed E-state index contributed by atoms with van der Waals surface area (Å²) in [4.78, 5) is 1.99. The van der Waals surface area contributed by atoms with E-state index in [4.69, 9.17) is 4.74 Å². The molecule has 3 heterocycles. The molecule has 1 aromatic heterocycles. The molecule has 27 heavy (non-hydrogen) atoms. The first-order valence-corrected chi connectivity index (χ1v) is 10.0. The van der Waals surface area contributed by atoms with Crippen molar-refractivity contribution in [3.05, 3.63) is 18.3 Å². The van der Waals surface area contributed by atoms with Crippen LogP contribution in [0.5, 0.6) is 0 Å². The zero-order valence-corrected chi connectivity index (χ0v) is 15.6. The number of rotatable bonds is 6. The van der Waals surface area contributed by atoms with Crippen LogP contribution in [0.2, 0.25) is 0 Å². The molecule has 0 bridgehead atoms. The third-order valence-electron chi connectivity index (χ3n) is 4.95. The molecule has 0 amide bonds. The van der Waals surface area contributed by atoms with E-state index in [1.165, 1.54) is 7.11 Å². The van der Waals surface area contributed by atoms with Crippen LogP contribution < -0.4 is 9.62 Å². The molecule has 12 heteroatoms. The summed E-state index contributed by atoms with van der Waals surface area (Å²) < 4.78 is 71.3. The fourth-order valence-electron chi connectivity index (χ4n) is 3.35. The van der Waals surface area contributed by atoms with Crippen LogP contribution in [0.1, 0.15) is 6.42 Å². The summed E-state index contributed by atoms with van der Waals surface area (Å²) in [5, 5.41) is 7.91. The third-order valence-corrected chi connectivity index (χ3v) is 6.53. The van der Waals surface area contributed by atoms with Gasteiger partial charge in [-0.25, -0.2) is 0 Å². The maximum absolute atomic E-state index is 12.6. The largest absolute Gasteiger partial charge is 0.394 e. The monoisotopic (exact) mass is 409 g/mol. The van der Waals surface area contributed by atoms with Gasteiger partial charge in [0.15, 0.2) is 5.82 Å². The van der Waals surface area contributed by atoms with Gasteiger partial charge in [0.05, 0.1) is 12.5 Å². The van der Waals surface area contributed by atoms with E-state index in [0.717, 1.165) is 4.31 Å². The molecule has 3 rings (SSSR count). The van der Waals surface area contributed by atoms with Crippen molar-refractivity contribution >= 4 is 16.0 Å². The van der Waals surface area contributed by atoms with Gasteiger partial charge < -0.3 is 9.64 Å². The highest BCUT2D eigenvalue weighted by Crippen LogP contribution is 2.35. The lowest BCUT2D eigenvalue weighted by Gasteiger charge is -2.42. The van der Waals surface area contributed by atoms with Crippen molar-refractivity contribution < 1.29 is 26.3 Å². The highest BCUT2D eigenvalue weighted by atomic mass is 32.2. The van der Waals surface area contributed by atoms with E-state index in [2.05, 4.69) is 14.9 Å². The first-order valence-electron chi connectivity index (χ1n) is 8.56. The summed E-state index contributed by atoms with van der Waals surface area (Å²) in [7, 11) is -2.44. The molecule has 2 saturated heterocycles. The highest BCUT2D eigenvalue weighted by Gasteiger charge is 2.51. The molecule has 0 spiro atoms.